The van der Waals surface area contributed by atoms with Gasteiger partial charge in [0.25, 0.3) is 0 Å². The Morgan fingerprint density at radius 1 is 1.26 bits per heavy atom. The van der Waals surface area contributed by atoms with Gasteiger partial charge in [-0.05, 0) is 31.2 Å². The van der Waals surface area contributed by atoms with Crippen LogP contribution in [0.3, 0.4) is 0 Å². The number of hydrogen-bond acceptors (Lipinski definition) is 2. The molecule has 0 aliphatic carbocycles. The molecule has 0 heterocycles. The van der Waals surface area contributed by atoms with Crippen molar-refractivity contribution < 1.29 is 9.13 Å². The van der Waals surface area contributed by atoms with E-state index in [1.165, 1.54) is 18.2 Å². The average molecular weight is 296 g/mol. The summed E-state index contributed by atoms with van der Waals surface area (Å²) < 4.78 is 18.7. The molecular formula is C14H11ClFNOS. The summed E-state index contributed by atoms with van der Waals surface area (Å²) >= 11 is 10.7. The van der Waals surface area contributed by atoms with Crippen molar-refractivity contribution in [2.75, 3.05) is 0 Å². The summed E-state index contributed by atoms with van der Waals surface area (Å²) in [5, 5.41) is 0.00138. The van der Waals surface area contributed by atoms with Gasteiger partial charge in [0.05, 0.1) is 10.6 Å². The van der Waals surface area contributed by atoms with Crippen molar-refractivity contribution in [3.63, 3.8) is 0 Å². The zero-order chi connectivity index (χ0) is 14.0. The third-order valence-corrected chi connectivity index (χ3v) is 3.03. The number of hydrogen-bond donors (Lipinski definition) is 1. The summed E-state index contributed by atoms with van der Waals surface area (Å²) in [6, 6.07) is 9.61. The first kappa shape index (κ1) is 13.8. The summed E-state index contributed by atoms with van der Waals surface area (Å²) in [5.41, 5.74) is 7.31. The maximum absolute atomic E-state index is 13.1. The Hall–Kier alpha value is -1.65. The summed E-state index contributed by atoms with van der Waals surface area (Å²) in [6.07, 6.45) is 0. The molecule has 2 aromatic carbocycles. The maximum Gasteiger partial charge on any atom is 0.142 e. The number of rotatable bonds is 3. The van der Waals surface area contributed by atoms with E-state index in [1.807, 2.05) is 19.1 Å². The van der Waals surface area contributed by atoms with Crippen LogP contribution in [-0.4, -0.2) is 4.99 Å². The molecule has 2 nitrogen and oxygen atoms in total. The van der Waals surface area contributed by atoms with Crippen LogP contribution < -0.4 is 10.5 Å². The lowest BCUT2D eigenvalue weighted by Crippen LogP contribution is -2.11. The lowest BCUT2D eigenvalue weighted by molar-refractivity contribution is 0.479. The van der Waals surface area contributed by atoms with E-state index in [0.717, 1.165) is 5.56 Å². The summed E-state index contributed by atoms with van der Waals surface area (Å²) in [7, 11) is 0. The van der Waals surface area contributed by atoms with Crippen LogP contribution in [0.15, 0.2) is 36.4 Å². The van der Waals surface area contributed by atoms with Crippen molar-refractivity contribution in [2.24, 2.45) is 5.73 Å². The monoisotopic (exact) mass is 295 g/mol. The van der Waals surface area contributed by atoms with Crippen molar-refractivity contribution >= 4 is 28.8 Å². The zero-order valence-corrected chi connectivity index (χ0v) is 11.7. The van der Waals surface area contributed by atoms with Gasteiger partial charge in [-0.15, -0.1) is 0 Å². The Morgan fingerprint density at radius 3 is 2.63 bits per heavy atom. The fourth-order valence-corrected chi connectivity index (χ4v) is 1.92. The van der Waals surface area contributed by atoms with Crippen molar-refractivity contribution in [2.45, 2.75) is 6.92 Å². The van der Waals surface area contributed by atoms with Gasteiger partial charge in [-0.1, -0.05) is 35.4 Å². The first-order valence-corrected chi connectivity index (χ1v) is 6.29. The van der Waals surface area contributed by atoms with Gasteiger partial charge in [0, 0.05) is 6.07 Å². The molecule has 2 aromatic rings. The van der Waals surface area contributed by atoms with Gasteiger partial charge in [0.1, 0.15) is 22.3 Å². The van der Waals surface area contributed by atoms with Gasteiger partial charge in [0.2, 0.25) is 0 Å². The zero-order valence-electron chi connectivity index (χ0n) is 10.1. The minimum Gasteiger partial charge on any atom is -0.457 e. The van der Waals surface area contributed by atoms with E-state index in [0.29, 0.717) is 17.1 Å². The van der Waals surface area contributed by atoms with Crippen LogP contribution >= 0.6 is 23.8 Å². The number of benzene rings is 2. The molecule has 2 N–H and O–H groups in total. The van der Waals surface area contributed by atoms with E-state index < -0.39 is 5.82 Å². The van der Waals surface area contributed by atoms with Crippen LogP contribution in [0.4, 0.5) is 4.39 Å². The summed E-state index contributed by atoms with van der Waals surface area (Å²) in [5.74, 6) is 0.445. The highest BCUT2D eigenvalue weighted by Gasteiger charge is 2.09. The fraction of sp³-hybridized carbons (Fsp3) is 0.0714. The normalized spacial score (nSPS) is 10.3. The van der Waals surface area contributed by atoms with Gasteiger partial charge >= 0.3 is 0 Å². The molecule has 0 bridgehead atoms. The molecule has 0 unspecified atom stereocenters. The van der Waals surface area contributed by atoms with Crippen LogP contribution in [0.25, 0.3) is 0 Å². The second-order valence-corrected chi connectivity index (χ2v) is 4.89. The molecule has 5 heteroatoms. The molecule has 0 fully saturated rings. The number of aryl methyl sites for hydroxylation is 1. The third kappa shape index (κ3) is 3.22. The van der Waals surface area contributed by atoms with Crippen LogP contribution in [0, 0.1) is 12.7 Å². The van der Waals surface area contributed by atoms with Crippen molar-refractivity contribution in [3.05, 3.63) is 58.4 Å². The molecule has 2 rings (SSSR count). The Kier molecular flexibility index (Phi) is 4.02. The molecule has 0 aliphatic rings. The smallest absolute Gasteiger partial charge is 0.142 e. The molecule has 19 heavy (non-hydrogen) atoms. The SMILES string of the molecule is Cc1ccc(Oc2ccc(F)c(Cl)c2)c(C(N)=S)c1. The molecule has 0 atom stereocenters. The van der Waals surface area contributed by atoms with E-state index in [4.69, 9.17) is 34.3 Å². The maximum atomic E-state index is 13.1. The van der Waals surface area contributed by atoms with Gasteiger partial charge in [0.15, 0.2) is 0 Å². The van der Waals surface area contributed by atoms with Crippen molar-refractivity contribution in [3.8, 4) is 11.5 Å². The Morgan fingerprint density at radius 2 is 2.00 bits per heavy atom. The van der Waals surface area contributed by atoms with Crippen LogP contribution in [0.2, 0.25) is 5.02 Å². The molecular weight excluding hydrogens is 285 g/mol. The molecule has 0 spiro atoms. The Balaban J connectivity index is 2.37. The number of nitrogens with two attached hydrogens (primary N) is 1. The predicted molar refractivity (Wildman–Crippen MR) is 78.6 cm³/mol. The van der Waals surface area contributed by atoms with Gasteiger partial charge in [-0.2, -0.15) is 0 Å². The van der Waals surface area contributed by atoms with Crippen LogP contribution in [0.1, 0.15) is 11.1 Å². The highest BCUT2D eigenvalue weighted by atomic mass is 35.5. The van der Waals surface area contributed by atoms with E-state index in [9.17, 15) is 4.39 Å². The average Bonchev–Trinajstić information content (AvgIpc) is 2.36. The van der Waals surface area contributed by atoms with Gasteiger partial charge < -0.3 is 10.5 Å². The second kappa shape index (κ2) is 5.55. The van der Waals surface area contributed by atoms with E-state index in [1.54, 1.807) is 6.07 Å². The Labute approximate surface area is 120 Å². The third-order valence-electron chi connectivity index (χ3n) is 2.52. The molecule has 0 saturated carbocycles. The molecule has 0 aliphatic heterocycles. The van der Waals surface area contributed by atoms with E-state index in [2.05, 4.69) is 0 Å². The fourth-order valence-electron chi connectivity index (χ4n) is 1.59. The predicted octanol–water partition coefficient (Wildman–Crippen LogP) is 4.21. The largest absolute Gasteiger partial charge is 0.457 e. The lowest BCUT2D eigenvalue weighted by Gasteiger charge is -2.11. The van der Waals surface area contributed by atoms with Crippen molar-refractivity contribution in [1.82, 2.24) is 0 Å². The van der Waals surface area contributed by atoms with Gasteiger partial charge in [-0.25, -0.2) is 4.39 Å². The molecule has 0 amide bonds. The van der Waals surface area contributed by atoms with Crippen LogP contribution in [0.5, 0.6) is 11.5 Å². The first-order valence-electron chi connectivity index (χ1n) is 5.51. The first-order chi connectivity index (χ1) is 8.97. The second-order valence-electron chi connectivity index (χ2n) is 4.04. The number of halogens is 2. The highest BCUT2D eigenvalue weighted by Crippen LogP contribution is 2.29. The number of ether oxygens (including phenoxy) is 1. The standard InChI is InChI=1S/C14H11ClFNOS/c1-8-2-5-13(10(6-8)14(17)19)18-9-3-4-12(16)11(15)7-9/h2-7H,1H3,(H2,17,19). The van der Waals surface area contributed by atoms with E-state index in [-0.39, 0.29) is 10.0 Å². The van der Waals surface area contributed by atoms with Crippen molar-refractivity contribution in [1.29, 1.82) is 0 Å². The van der Waals surface area contributed by atoms with Gasteiger partial charge in [-0.3, -0.25) is 0 Å². The van der Waals surface area contributed by atoms with E-state index >= 15 is 0 Å². The molecule has 98 valence electrons. The Bertz CT molecular complexity index is 645. The quantitative estimate of drug-likeness (QED) is 0.861. The molecule has 0 radical (unpaired) electrons. The summed E-state index contributed by atoms with van der Waals surface area (Å²) in [4.78, 5) is 0.243. The molecule has 0 saturated heterocycles. The minimum atomic E-state index is -0.493. The summed E-state index contributed by atoms with van der Waals surface area (Å²) in [6.45, 7) is 1.93. The van der Waals surface area contributed by atoms with Crippen LogP contribution in [-0.2, 0) is 0 Å². The topological polar surface area (TPSA) is 35.2 Å². The highest BCUT2D eigenvalue weighted by molar-refractivity contribution is 7.80. The lowest BCUT2D eigenvalue weighted by atomic mass is 10.1. The molecule has 0 aromatic heterocycles. The number of thiocarbonyl (C=S) groups is 1. The minimum absolute atomic E-state index is 0.00138.